The molecule has 0 N–H and O–H groups in total. The summed E-state index contributed by atoms with van der Waals surface area (Å²) < 4.78 is 10.2. The third-order valence-corrected chi connectivity index (χ3v) is 10.9. The highest BCUT2D eigenvalue weighted by Gasteiger charge is 2.18. The monoisotopic (exact) mass is 700 g/mol. The minimum atomic E-state index is 0.475. The van der Waals surface area contributed by atoms with Gasteiger partial charge in [0.25, 0.3) is 0 Å². The van der Waals surface area contributed by atoms with Crippen molar-refractivity contribution in [3.63, 3.8) is 0 Å². The number of fused-ring (bicyclic) bond motifs is 7. The quantitative estimate of drug-likeness (QED) is 0.167. The van der Waals surface area contributed by atoms with Crippen LogP contribution in [0.4, 0.5) is 0 Å². The Morgan fingerprint density at radius 1 is 0.382 bits per heavy atom. The van der Waals surface area contributed by atoms with E-state index in [1.54, 1.807) is 0 Å². The van der Waals surface area contributed by atoms with Gasteiger partial charge in [-0.1, -0.05) is 152 Å². The molecule has 11 rings (SSSR count). The standard InChI is InChI=1S/C52H33N3/c1-2-14-35(15-3-1)52-54-48-24-12-13-25-51(48)55(52)39-28-26-34(27-29-39)49-32-38(46-30-36-16-4-6-18-40(36)42-20-8-10-22-44(42)46)33-50(53-49)47-31-37-17-5-7-19-41(37)43-21-9-11-23-45(43)47/h1-33H/i1D. The fourth-order valence-electron chi connectivity index (χ4n) is 8.33. The van der Waals surface area contributed by atoms with Crippen molar-refractivity contribution in [3.8, 4) is 50.7 Å². The zero-order valence-corrected chi connectivity index (χ0v) is 29.8. The number of imidazole rings is 1. The van der Waals surface area contributed by atoms with Gasteiger partial charge in [0.15, 0.2) is 0 Å². The van der Waals surface area contributed by atoms with E-state index in [0.29, 0.717) is 6.04 Å². The number of hydrogen-bond donors (Lipinski definition) is 0. The molecule has 0 atom stereocenters. The fourth-order valence-corrected chi connectivity index (χ4v) is 8.33. The van der Waals surface area contributed by atoms with Crippen molar-refractivity contribution in [2.45, 2.75) is 0 Å². The Kier molecular flexibility index (Phi) is 6.93. The zero-order chi connectivity index (χ0) is 37.2. The number of pyridine rings is 1. The van der Waals surface area contributed by atoms with Gasteiger partial charge in [-0.3, -0.25) is 4.57 Å². The average molecular weight is 701 g/mol. The summed E-state index contributed by atoms with van der Waals surface area (Å²) in [7, 11) is 0. The van der Waals surface area contributed by atoms with Gasteiger partial charge in [0, 0.05) is 22.4 Å². The normalized spacial score (nSPS) is 11.9. The van der Waals surface area contributed by atoms with Crippen LogP contribution in [0.2, 0.25) is 0 Å². The SMILES string of the molecule is [2H]c1ccc(-c2nc3ccccc3n2-c2ccc(-c3cc(-c4cc5ccccc5c5ccccc45)cc(-c4cc5ccccc5c5ccccc45)n3)cc2)cc1. The van der Waals surface area contributed by atoms with Crippen molar-refractivity contribution >= 4 is 54.1 Å². The third-order valence-electron chi connectivity index (χ3n) is 10.9. The van der Waals surface area contributed by atoms with Crippen LogP contribution in [-0.2, 0) is 0 Å². The topological polar surface area (TPSA) is 30.7 Å². The van der Waals surface area contributed by atoms with E-state index in [9.17, 15) is 0 Å². The lowest BCUT2D eigenvalue weighted by Crippen LogP contribution is -1.98. The van der Waals surface area contributed by atoms with Gasteiger partial charge in [0.1, 0.15) is 5.82 Å². The summed E-state index contributed by atoms with van der Waals surface area (Å²) in [5.41, 5.74) is 10.2. The molecule has 0 fully saturated rings. The summed E-state index contributed by atoms with van der Waals surface area (Å²) in [5.74, 6) is 0.840. The lowest BCUT2D eigenvalue weighted by molar-refractivity contribution is 1.10. The Morgan fingerprint density at radius 3 is 1.62 bits per heavy atom. The molecule has 2 aromatic heterocycles. The zero-order valence-electron chi connectivity index (χ0n) is 30.8. The first-order valence-electron chi connectivity index (χ1n) is 19.2. The molecule has 0 aliphatic heterocycles. The van der Waals surface area contributed by atoms with E-state index in [0.717, 1.165) is 56.2 Å². The van der Waals surface area contributed by atoms with E-state index in [-0.39, 0.29) is 0 Å². The van der Waals surface area contributed by atoms with Gasteiger partial charge in [-0.25, -0.2) is 9.97 Å². The van der Waals surface area contributed by atoms with Crippen LogP contribution in [0.3, 0.4) is 0 Å². The van der Waals surface area contributed by atoms with Gasteiger partial charge in [0.05, 0.1) is 23.8 Å². The molecule has 0 unspecified atom stereocenters. The first-order chi connectivity index (χ1) is 27.7. The summed E-state index contributed by atoms with van der Waals surface area (Å²) in [4.78, 5) is 10.5. The van der Waals surface area contributed by atoms with Crippen LogP contribution in [0.25, 0.3) is 105 Å². The second-order valence-corrected chi connectivity index (χ2v) is 14.1. The molecule has 3 nitrogen and oxygen atoms in total. The van der Waals surface area contributed by atoms with Crippen LogP contribution in [-0.4, -0.2) is 14.5 Å². The Balaban J connectivity index is 1.14. The van der Waals surface area contributed by atoms with Crippen molar-refractivity contribution in [3.05, 3.63) is 200 Å². The van der Waals surface area contributed by atoms with E-state index < -0.39 is 0 Å². The molecule has 9 aromatic carbocycles. The van der Waals surface area contributed by atoms with Crippen LogP contribution in [0.15, 0.2) is 200 Å². The van der Waals surface area contributed by atoms with E-state index >= 15 is 0 Å². The van der Waals surface area contributed by atoms with Crippen molar-refractivity contribution in [1.82, 2.24) is 14.5 Å². The van der Waals surface area contributed by atoms with Gasteiger partial charge in [-0.05, 0) is 103 Å². The van der Waals surface area contributed by atoms with Crippen molar-refractivity contribution in [2.24, 2.45) is 0 Å². The van der Waals surface area contributed by atoms with Crippen molar-refractivity contribution < 1.29 is 1.37 Å². The summed E-state index contributed by atoms with van der Waals surface area (Å²) >= 11 is 0. The van der Waals surface area contributed by atoms with Gasteiger partial charge >= 0.3 is 0 Å². The maximum absolute atomic E-state index is 8.04. The molecule has 55 heavy (non-hydrogen) atoms. The maximum Gasteiger partial charge on any atom is 0.145 e. The highest BCUT2D eigenvalue weighted by atomic mass is 15.1. The van der Waals surface area contributed by atoms with E-state index in [2.05, 4.69) is 162 Å². The molecule has 0 aliphatic rings. The predicted molar refractivity (Wildman–Crippen MR) is 231 cm³/mol. The molecule has 256 valence electrons. The fraction of sp³-hybridized carbons (Fsp3) is 0. The smallest absolute Gasteiger partial charge is 0.145 e. The van der Waals surface area contributed by atoms with Crippen LogP contribution < -0.4 is 0 Å². The summed E-state index contributed by atoms with van der Waals surface area (Å²) in [5, 5.41) is 9.74. The molecule has 0 spiro atoms. The highest BCUT2D eigenvalue weighted by Crippen LogP contribution is 2.41. The number of nitrogens with zero attached hydrogens (tertiary/aromatic N) is 3. The lowest BCUT2D eigenvalue weighted by Gasteiger charge is -2.16. The first-order valence-corrected chi connectivity index (χ1v) is 18.7. The highest BCUT2D eigenvalue weighted by molar-refractivity contribution is 6.15. The average Bonchev–Trinajstić information content (AvgIpc) is 3.66. The largest absolute Gasteiger partial charge is 0.292 e. The summed E-state index contributed by atoms with van der Waals surface area (Å²) in [6.07, 6.45) is 0. The van der Waals surface area contributed by atoms with Gasteiger partial charge < -0.3 is 0 Å². The number of aromatic nitrogens is 3. The minimum Gasteiger partial charge on any atom is -0.292 e. The molecule has 11 aromatic rings. The summed E-state index contributed by atoms with van der Waals surface area (Å²) in [6, 6.07) is 68.8. The van der Waals surface area contributed by atoms with Gasteiger partial charge in [-0.2, -0.15) is 0 Å². The Morgan fingerprint density at radius 2 is 0.927 bits per heavy atom. The molecular formula is C52H33N3. The molecule has 2 heterocycles. The molecule has 0 bridgehead atoms. The van der Waals surface area contributed by atoms with Crippen LogP contribution in [0, 0.1) is 0 Å². The van der Waals surface area contributed by atoms with Crippen molar-refractivity contribution in [2.75, 3.05) is 0 Å². The molecule has 0 saturated heterocycles. The van der Waals surface area contributed by atoms with Crippen LogP contribution in [0.5, 0.6) is 0 Å². The minimum absolute atomic E-state index is 0.475. The predicted octanol–water partition coefficient (Wildman–Crippen LogP) is 13.7. The molecule has 3 heteroatoms. The van der Waals surface area contributed by atoms with Gasteiger partial charge in [0.2, 0.25) is 0 Å². The Labute approximate surface area is 319 Å². The second-order valence-electron chi connectivity index (χ2n) is 14.1. The first kappa shape index (κ1) is 30.1. The van der Waals surface area contributed by atoms with Gasteiger partial charge in [-0.15, -0.1) is 0 Å². The number of benzene rings is 9. The van der Waals surface area contributed by atoms with Crippen LogP contribution >= 0.6 is 0 Å². The molecular weight excluding hydrogens is 667 g/mol. The third kappa shape index (κ3) is 5.20. The number of hydrogen-bond acceptors (Lipinski definition) is 2. The molecule has 0 amide bonds. The second kappa shape index (κ2) is 12.6. The molecule has 0 saturated carbocycles. The van der Waals surface area contributed by atoms with Crippen molar-refractivity contribution in [1.29, 1.82) is 0 Å². The maximum atomic E-state index is 8.04. The number of para-hydroxylation sites is 2. The van der Waals surface area contributed by atoms with E-state index in [1.807, 2.05) is 36.4 Å². The lowest BCUT2D eigenvalue weighted by atomic mass is 9.91. The molecule has 0 aliphatic carbocycles. The van der Waals surface area contributed by atoms with Crippen LogP contribution in [0.1, 0.15) is 1.37 Å². The summed E-state index contributed by atoms with van der Waals surface area (Å²) in [6.45, 7) is 0. The Hall–Kier alpha value is -7.36. The number of rotatable bonds is 5. The van der Waals surface area contributed by atoms with E-state index in [4.69, 9.17) is 11.3 Å². The van der Waals surface area contributed by atoms with E-state index in [1.165, 1.54) is 48.7 Å². The Bertz CT molecular complexity index is 3170. The molecule has 0 radical (unpaired) electrons.